The second-order valence-electron chi connectivity index (χ2n) is 6.90. The van der Waals surface area contributed by atoms with Crippen LogP contribution >= 0.6 is 0 Å². The summed E-state index contributed by atoms with van der Waals surface area (Å²) in [4.78, 5) is 17.1. The van der Waals surface area contributed by atoms with Crippen molar-refractivity contribution in [1.82, 2.24) is 4.90 Å². The molecule has 136 valence electrons. The quantitative estimate of drug-likeness (QED) is 0.834. The number of aryl methyl sites for hydroxylation is 1. The molecule has 2 aliphatic rings. The number of nitrogens with zero attached hydrogens (tertiary/aromatic N) is 2. The lowest BCUT2D eigenvalue weighted by Gasteiger charge is -2.38. The highest BCUT2D eigenvalue weighted by atomic mass is 16.6. The molecular weight excluding hydrogens is 328 g/mol. The van der Waals surface area contributed by atoms with Gasteiger partial charge in [0.1, 0.15) is 6.61 Å². The van der Waals surface area contributed by atoms with Gasteiger partial charge in [-0.05, 0) is 43.2 Å². The van der Waals surface area contributed by atoms with E-state index in [1.54, 1.807) is 0 Å². The zero-order valence-corrected chi connectivity index (χ0v) is 15.3. The maximum atomic E-state index is 12.8. The molecule has 1 saturated heterocycles. The number of benzene rings is 2. The van der Waals surface area contributed by atoms with Crippen LogP contribution in [0.1, 0.15) is 11.1 Å². The average Bonchev–Trinajstić information content (AvgIpc) is 2.69. The molecule has 0 bridgehead atoms. The van der Waals surface area contributed by atoms with Crippen molar-refractivity contribution < 1.29 is 14.3 Å². The predicted octanol–water partition coefficient (Wildman–Crippen LogP) is 2.79. The molecule has 0 spiro atoms. The number of rotatable bonds is 2. The van der Waals surface area contributed by atoms with Gasteiger partial charge in [0, 0.05) is 31.9 Å². The van der Waals surface area contributed by atoms with Gasteiger partial charge in [-0.2, -0.15) is 0 Å². The molecule has 2 aliphatic heterocycles. The van der Waals surface area contributed by atoms with E-state index in [1.807, 2.05) is 29.2 Å². The number of hydrogen-bond donors (Lipinski definition) is 0. The fraction of sp³-hybridized carbons (Fsp3) is 0.381. The number of anilines is 1. The van der Waals surface area contributed by atoms with Crippen molar-refractivity contribution >= 4 is 11.6 Å². The van der Waals surface area contributed by atoms with Gasteiger partial charge < -0.3 is 19.3 Å². The van der Waals surface area contributed by atoms with Gasteiger partial charge in [-0.1, -0.05) is 24.3 Å². The van der Waals surface area contributed by atoms with Crippen molar-refractivity contribution in [1.29, 1.82) is 0 Å². The first-order valence-corrected chi connectivity index (χ1v) is 9.12. The van der Waals surface area contributed by atoms with Crippen LogP contribution in [-0.4, -0.2) is 49.7 Å². The molecular formula is C21H24N2O3. The molecule has 5 nitrogen and oxygen atoms in total. The van der Waals surface area contributed by atoms with Gasteiger partial charge in [0.05, 0.1) is 0 Å². The fourth-order valence-corrected chi connectivity index (χ4v) is 3.59. The minimum atomic E-state index is -0.558. The van der Waals surface area contributed by atoms with Crippen LogP contribution in [0.2, 0.25) is 0 Å². The molecule has 1 fully saturated rings. The van der Waals surface area contributed by atoms with Gasteiger partial charge >= 0.3 is 0 Å². The Balaban J connectivity index is 1.39. The number of para-hydroxylation sites is 2. The lowest BCUT2D eigenvalue weighted by molar-refractivity contribution is -0.141. The molecule has 1 atom stereocenters. The smallest absolute Gasteiger partial charge is 0.267 e. The molecule has 2 heterocycles. The zero-order chi connectivity index (χ0) is 18.1. The average molecular weight is 352 g/mol. The summed E-state index contributed by atoms with van der Waals surface area (Å²) in [5, 5.41) is 0. The topological polar surface area (TPSA) is 42.0 Å². The lowest BCUT2D eigenvalue weighted by Crippen LogP contribution is -2.54. The molecule has 0 saturated carbocycles. The van der Waals surface area contributed by atoms with Gasteiger partial charge in [-0.3, -0.25) is 4.79 Å². The second-order valence-corrected chi connectivity index (χ2v) is 6.90. The highest BCUT2D eigenvalue weighted by Gasteiger charge is 2.32. The monoisotopic (exact) mass is 352 g/mol. The van der Waals surface area contributed by atoms with Crippen LogP contribution in [0.4, 0.5) is 5.69 Å². The zero-order valence-electron chi connectivity index (χ0n) is 15.3. The Labute approximate surface area is 154 Å². The molecule has 0 N–H and O–H groups in total. The van der Waals surface area contributed by atoms with Crippen LogP contribution in [0.5, 0.6) is 11.5 Å². The van der Waals surface area contributed by atoms with Crippen molar-refractivity contribution in [3.8, 4) is 11.5 Å². The molecule has 0 aliphatic carbocycles. The van der Waals surface area contributed by atoms with Gasteiger partial charge in [-0.25, -0.2) is 0 Å². The third kappa shape index (κ3) is 3.09. The van der Waals surface area contributed by atoms with Crippen molar-refractivity contribution in [2.75, 3.05) is 37.7 Å². The molecule has 26 heavy (non-hydrogen) atoms. The lowest BCUT2D eigenvalue weighted by atomic mass is 10.1. The summed E-state index contributed by atoms with van der Waals surface area (Å²) in [7, 11) is 0. The first-order chi connectivity index (χ1) is 12.6. The first-order valence-electron chi connectivity index (χ1n) is 9.12. The molecule has 0 radical (unpaired) electrons. The number of ether oxygens (including phenoxy) is 2. The van der Waals surface area contributed by atoms with Gasteiger partial charge in [0.2, 0.25) is 6.10 Å². The molecule has 0 unspecified atom stereocenters. The van der Waals surface area contributed by atoms with E-state index in [0.717, 1.165) is 13.1 Å². The number of hydrogen-bond acceptors (Lipinski definition) is 4. The van der Waals surface area contributed by atoms with Crippen LogP contribution < -0.4 is 14.4 Å². The largest absolute Gasteiger partial charge is 0.485 e. The molecule has 0 aromatic heterocycles. The second kappa shape index (κ2) is 6.90. The molecule has 5 heteroatoms. The van der Waals surface area contributed by atoms with Crippen molar-refractivity contribution in [2.45, 2.75) is 20.0 Å². The fourth-order valence-electron chi connectivity index (χ4n) is 3.59. The Morgan fingerprint density at radius 3 is 2.46 bits per heavy atom. The van der Waals surface area contributed by atoms with Crippen LogP contribution in [0.15, 0.2) is 42.5 Å². The van der Waals surface area contributed by atoms with Crippen molar-refractivity contribution in [3.63, 3.8) is 0 Å². The third-order valence-corrected chi connectivity index (χ3v) is 5.29. The van der Waals surface area contributed by atoms with Gasteiger partial charge in [0.25, 0.3) is 5.91 Å². The minimum Gasteiger partial charge on any atom is -0.485 e. The van der Waals surface area contributed by atoms with E-state index in [0.29, 0.717) is 24.6 Å². The maximum Gasteiger partial charge on any atom is 0.267 e. The Bertz CT molecular complexity index is 813. The van der Waals surface area contributed by atoms with E-state index >= 15 is 0 Å². The molecule has 2 aromatic carbocycles. The summed E-state index contributed by atoms with van der Waals surface area (Å²) < 4.78 is 11.5. The standard InChI is InChI=1S/C21H24N2O3/c1-15-6-5-7-17(16(15)2)22-10-12-23(13-11-22)21(24)20-14-25-18-8-3-4-9-19(18)26-20/h3-9,20H,10-14H2,1-2H3/t20-/m1/s1. The first kappa shape index (κ1) is 16.8. The van der Waals surface area contributed by atoms with E-state index in [2.05, 4.69) is 36.9 Å². The number of carbonyl (C=O) groups is 1. The Kier molecular flexibility index (Phi) is 4.45. The van der Waals surface area contributed by atoms with E-state index in [4.69, 9.17) is 9.47 Å². The molecule has 2 aromatic rings. The number of amides is 1. The highest BCUT2D eigenvalue weighted by molar-refractivity contribution is 5.82. The summed E-state index contributed by atoms with van der Waals surface area (Å²) in [6.45, 7) is 7.64. The number of piperazine rings is 1. The van der Waals surface area contributed by atoms with E-state index < -0.39 is 6.10 Å². The minimum absolute atomic E-state index is 0.0140. The Morgan fingerprint density at radius 2 is 1.69 bits per heavy atom. The highest BCUT2D eigenvalue weighted by Crippen LogP contribution is 2.31. The van der Waals surface area contributed by atoms with Crippen LogP contribution in [0, 0.1) is 13.8 Å². The summed E-state index contributed by atoms with van der Waals surface area (Å²) in [6.07, 6.45) is -0.558. The van der Waals surface area contributed by atoms with E-state index in [-0.39, 0.29) is 12.5 Å². The summed E-state index contributed by atoms with van der Waals surface area (Å²) in [5.41, 5.74) is 3.88. The summed E-state index contributed by atoms with van der Waals surface area (Å²) >= 11 is 0. The van der Waals surface area contributed by atoms with Crippen LogP contribution in [-0.2, 0) is 4.79 Å². The van der Waals surface area contributed by atoms with E-state index in [1.165, 1.54) is 16.8 Å². The summed E-state index contributed by atoms with van der Waals surface area (Å²) in [5.74, 6) is 1.36. The maximum absolute atomic E-state index is 12.8. The number of fused-ring (bicyclic) bond motifs is 1. The van der Waals surface area contributed by atoms with Gasteiger partial charge in [-0.15, -0.1) is 0 Å². The van der Waals surface area contributed by atoms with E-state index in [9.17, 15) is 4.79 Å². The van der Waals surface area contributed by atoms with Gasteiger partial charge in [0.15, 0.2) is 11.5 Å². The Morgan fingerprint density at radius 1 is 0.962 bits per heavy atom. The van der Waals surface area contributed by atoms with Crippen molar-refractivity contribution in [2.24, 2.45) is 0 Å². The molecule has 4 rings (SSSR count). The Hall–Kier alpha value is -2.69. The van der Waals surface area contributed by atoms with Crippen LogP contribution in [0.25, 0.3) is 0 Å². The third-order valence-electron chi connectivity index (χ3n) is 5.29. The molecule has 1 amide bonds. The number of carbonyl (C=O) groups excluding carboxylic acids is 1. The normalized spacial score (nSPS) is 19.4. The summed E-state index contributed by atoms with van der Waals surface area (Å²) in [6, 6.07) is 13.9. The predicted molar refractivity (Wildman–Crippen MR) is 101 cm³/mol. The SMILES string of the molecule is Cc1cccc(N2CCN(C(=O)[C@H]3COc4ccccc4O3)CC2)c1C. The van der Waals surface area contributed by atoms with Crippen LogP contribution in [0.3, 0.4) is 0 Å². The van der Waals surface area contributed by atoms with Crippen molar-refractivity contribution in [3.05, 3.63) is 53.6 Å².